The van der Waals surface area contributed by atoms with Gasteiger partial charge < -0.3 is 5.73 Å². The number of benzene rings is 1. The fourth-order valence-corrected chi connectivity index (χ4v) is 3.80. The number of nitrogens with two attached hydrogens (primary N) is 1. The molecule has 0 saturated carbocycles. The van der Waals surface area contributed by atoms with Gasteiger partial charge in [0.05, 0.1) is 5.02 Å². The van der Waals surface area contributed by atoms with Crippen LogP contribution in [0.4, 0.5) is 4.39 Å². The Morgan fingerprint density at radius 1 is 1.59 bits per heavy atom. The summed E-state index contributed by atoms with van der Waals surface area (Å²) in [7, 11) is 0. The molecule has 0 radical (unpaired) electrons. The van der Waals surface area contributed by atoms with Gasteiger partial charge in [0.15, 0.2) is 0 Å². The molecule has 0 bridgehead atoms. The van der Waals surface area contributed by atoms with Crippen LogP contribution in [0, 0.1) is 5.82 Å². The van der Waals surface area contributed by atoms with E-state index in [1.807, 2.05) is 17.8 Å². The monoisotopic (exact) mass is 273 g/mol. The average Bonchev–Trinajstić information content (AvgIpc) is 2.73. The van der Waals surface area contributed by atoms with Crippen LogP contribution in [-0.4, -0.2) is 16.5 Å². The highest BCUT2D eigenvalue weighted by molar-refractivity contribution is 8.00. The fraction of sp³-hybridized carbons (Fsp3) is 0.538. The second-order valence-corrected chi connectivity index (χ2v) is 6.80. The lowest BCUT2D eigenvalue weighted by Gasteiger charge is -2.30. The van der Waals surface area contributed by atoms with Crippen molar-refractivity contribution in [1.82, 2.24) is 0 Å². The lowest BCUT2D eigenvalue weighted by atomic mass is 9.91. The number of halogens is 2. The van der Waals surface area contributed by atoms with Crippen molar-refractivity contribution in [3.8, 4) is 0 Å². The van der Waals surface area contributed by atoms with Crippen molar-refractivity contribution < 1.29 is 4.39 Å². The van der Waals surface area contributed by atoms with Gasteiger partial charge in [0, 0.05) is 10.8 Å². The van der Waals surface area contributed by atoms with Crippen LogP contribution in [0.15, 0.2) is 18.2 Å². The maximum absolute atomic E-state index is 13.3. The molecule has 2 N–H and O–H groups in total. The zero-order chi connectivity index (χ0) is 12.5. The molecule has 2 atom stereocenters. The SMILES string of the molecule is CC1(C(N)Cc2cccc(F)c2Cl)CCCS1. The van der Waals surface area contributed by atoms with E-state index in [9.17, 15) is 4.39 Å². The van der Waals surface area contributed by atoms with Crippen molar-refractivity contribution in [3.63, 3.8) is 0 Å². The normalized spacial score (nSPS) is 26.1. The largest absolute Gasteiger partial charge is 0.326 e. The minimum absolute atomic E-state index is 0.0225. The van der Waals surface area contributed by atoms with E-state index in [0.717, 1.165) is 12.0 Å². The maximum Gasteiger partial charge on any atom is 0.142 e. The summed E-state index contributed by atoms with van der Waals surface area (Å²) in [5.74, 6) is 0.807. The topological polar surface area (TPSA) is 26.0 Å². The van der Waals surface area contributed by atoms with Gasteiger partial charge in [-0.2, -0.15) is 11.8 Å². The molecule has 0 spiro atoms. The van der Waals surface area contributed by atoms with Crippen LogP contribution in [0.25, 0.3) is 0 Å². The van der Waals surface area contributed by atoms with Crippen molar-refractivity contribution in [1.29, 1.82) is 0 Å². The summed E-state index contributed by atoms with van der Waals surface area (Å²) >= 11 is 7.87. The van der Waals surface area contributed by atoms with Crippen LogP contribution in [0.3, 0.4) is 0 Å². The number of hydrogen-bond acceptors (Lipinski definition) is 2. The van der Waals surface area contributed by atoms with E-state index in [-0.39, 0.29) is 21.6 Å². The Kier molecular flexibility index (Phi) is 4.01. The van der Waals surface area contributed by atoms with Gasteiger partial charge in [-0.15, -0.1) is 0 Å². The smallest absolute Gasteiger partial charge is 0.142 e. The van der Waals surface area contributed by atoms with Gasteiger partial charge >= 0.3 is 0 Å². The molecule has 1 aromatic carbocycles. The van der Waals surface area contributed by atoms with Gasteiger partial charge in [0.25, 0.3) is 0 Å². The summed E-state index contributed by atoms with van der Waals surface area (Å²) < 4.78 is 13.4. The van der Waals surface area contributed by atoms with Crippen molar-refractivity contribution in [2.24, 2.45) is 5.73 Å². The lowest BCUT2D eigenvalue weighted by Crippen LogP contribution is -2.42. The molecule has 1 nitrogen and oxygen atoms in total. The highest BCUT2D eigenvalue weighted by atomic mass is 35.5. The van der Waals surface area contributed by atoms with Crippen LogP contribution >= 0.6 is 23.4 Å². The van der Waals surface area contributed by atoms with E-state index in [0.29, 0.717) is 6.42 Å². The van der Waals surface area contributed by atoms with Gasteiger partial charge in [-0.1, -0.05) is 23.7 Å². The first-order valence-corrected chi connectivity index (χ1v) is 7.22. The molecule has 0 aliphatic carbocycles. The van der Waals surface area contributed by atoms with E-state index in [4.69, 9.17) is 17.3 Å². The molecular formula is C13H17ClFNS. The van der Waals surface area contributed by atoms with Crippen molar-refractivity contribution in [2.45, 2.75) is 37.0 Å². The second kappa shape index (κ2) is 5.17. The molecule has 1 aliphatic heterocycles. The molecular weight excluding hydrogens is 257 g/mol. The first-order chi connectivity index (χ1) is 8.03. The minimum atomic E-state index is -0.361. The van der Waals surface area contributed by atoms with Crippen molar-refractivity contribution in [3.05, 3.63) is 34.6 Å². The van der Waals surface area contributed by atoms with Crippen molar-refractivity contribution >= 4 is 23.4 Å². The molecule has 0 aromatic heterocycles. The molecule has 2 unspecified atom stereocenters. The molecule has 1 aliphatic rings. The van der Waals surface area contributed by atoms with Crippen LogP contribution in [0.5, 0.6) is 0 Å². The molecule has 1 saturated heterocycles. The highest BCUT2D eigenvalue weighted by Gasteiger charge is 2.35. The van der Waals surface area contributed by atoms with Gasteiger partial charge in [0.2, 0.25) is 0 Å². The van der Waals surface area contributed by atoms with Gasteiger partial charge in [-0.05, 0) is 43.6 Å². The zero-order valence-electron chi connectivity index (χ0n) is 9.88. The maximum atomic E-state index is 13.3. The highest BCUT2D eigenvalue weighted by Crippen LogP contribution is 2.41. The Hall–Kier alpha value is -0.250. The summed E-state index contributed by atoms with van der Waals surface area (Å²) in [4.78, 5) is 0. The van der Waals surface area contributed by atoms with E-state index in [2.05, 4.69) is 6.92 Å². The van der Waals surface area contributed by atoms with Gasteiger partial charge in [-0.25, -0.2) is 4.39 Å². The van der Waals surface area contributed by atoms with E-state index in [1.54, 1.807) is 6.07 Å². The average molecular weight is 274 g/mol. The second-order valence-electron chi connectivity index (χ2n) is 4.79. The van der Waals surface area contributed by atoms with Gasteiger partial charge in [-0.3, -0.25) is 0 Å². The summed E-state index contributed by atoms with van der Waals surface area (Å²) in [5, 5.41) is 0.217. The first-order valence-electron chi connectivity index (χ1n) is 5.85. The Morgan fingerprint density at radius 3 is 3.00 bits per heavy atom. The summed E-state index contributed by atoms with van der Waals surface area (Å²) in [6, 6.07) is 4.94. The van der Waals surface area contributed by atoms with E-state index >= 15 is 0 Å². The molecule has 1 heterocycles. The standard InChI is InChI=1S/C13H17ClFNS/c1-13(6-3-7-17-13)11(16)8-9-4-2-5-10(15)12(9)14/h2,4-5,11H,3,6-8,16H2,1H3. The summed E-state index contributed by atoms with van der Waals surface area (Å²) in [6.45, 7) is 2.20. The molecule has 4 heteroatoms. The molecule has 0 amide bonds. The van der Waals surface area contributed by atoms with Crippen LogP contribution in [0.2, 0.25) is 5.02 Å². The third-order valence-electron chi connectivity index (χ3n) is 3.51. The number of thioether (sulfide) groups is 1. The Bertz CT molecular complexity index is 404. The third-order valence-corrected chi connectivity index (χ3v) is 5.59. The van der Waals surface area contributed by atoms with E-state index < -0.39 is 0 Å². The number of rotatable bonds is 3. The van der Waals surface area contributed by atoms with E-state index in [1.165, 1.54) is 18.2 Å². The Morgan fingerprint density at radius 2 is 2.35 bits per heavy atom. The predicted molar refractivity (Wildman–Crippen MR) is 73.2 cm³/mol. The first kappa shape index (κ1) is 13.2. The van der Waals surface area contributed by atoms with Crippen molar-refractivity contribution in [2.75, 3.05) is 5.75 Å². The molecule has 2 rings (SSSR count). The van der Waals surface area contributed by atoms with Crippen LogP contribution < -0.4 is 5.73 Å². The third kappa shape index (κ3) is 2.78. The predicted octanol–water partition coefficient (Wildman–Crippen LogP) is 3.63. The summed E-state index contributed by atoms with van der Waals surface area (Å²) in [6.07, 6.45) is 2.98. The quantitative estimate of drug-likeness (QED) is 0.910. The fourth-order valence-electron chi connectivity index (χ4n) is 2.25. The zero-order valence-corrected chi connectivity index (χ0v) is 11.5. The minimum Gasteiger partial charge on any atom is -0.326 e. The van der Waals surface area contributed by atoms with Gasteiger partial charge in [0.1, 0.15) is 5.82 Å². The lowest BCUT2D eigenvalue weighted by molar-refractivity contribution is 0.481. The number of hydrogen-bond donors (Lipinski definition) is 1. The molecule has 17 heavy (non-hydrogen) atoms. The summed E-state index contributed by atoms with van der Waals surface area (Å²) in [5.41, 5.74) is 7.08. The molecule has 94 valence electrons. The van der Waals surface area contributed by atoms with Crippen LogP contribution in [-0.2, 0) is 6.42 Å². The van der Waals surface area contributed by atoms with Crippen LogP contribution in [0.1, 0.15) is 25.3 Å². The Labute approximate surface area is 111 Å². The molecule has 1 aromatic rings. The molecule has 1 fully saturated rings. The Balaban J connectivity index is 2.12.